The van der Waals surface area contributed by atoms with E-state index < -0.39 is 12.0 Å². The minimum atomic E-state index is -0.933. The fourth-order valence-corrected chi connectivity index (χ4v) is 1.66. The van der Waals surface area contributed by atoms with Crippen LogP contribution in [0.1, 0.15) is 38.5 Å². The van der Waals surface area contributed by atoms with Crippen LogP contribution in [0.4, 0.5) is 0 Å². The highest BCUT2D eigenvalue weighted by molar-refractivity contribution is 5.72. The van der Waals surface area contributed by atoms with Crippen LogP contribution in [0.2, 0.25) is 0 Å². The summed E-state index contributed by atoms with van der Waals surface area (Å²) < 4.78 is 0. The van der Waals surface area contributed by atoms with Crippen molar-refractivity contribution in [1.29, 1.82) is 0 Å². The van der Waals surface area contributed by atoms with Gasteiger partial charge in [0.2, 0.25) is 6.41 Å². The standard InChI is InChI=1S/C6H14N2O2.C6H11NO/c7-4-2-1-3-5(8)6(9)10;8-6-7-4-2-1-3-5-7/h5H,1-4,7-8H2,(H,9,10);6H,1-5H2/t5-;/m0./s1. The van der Waals surface area contributed by atoms with E-state index in [0.717, 1.165) is 32.3 Å². The first-order valence-corrected chi connectivity index (χ1v) is 6.49. The average molecular weight is 259 g/mol. The highest BCUT2D eigenvalue weighted by atomic mass is 16.4. The van der Waals surface area contributed by atoms with Crippen molar-refractivity contribution in [2.45, 2.75) is 44.6 Å². The van der Waals surface area contributed by atoms with Crippen molar-refractivity contribution in [1.82, 2.24) is 4.90 Å². The summed E-state index contributed by atoms with van der Waals surface area (Å²) >= 11 is 0. The Balaban J connectivity index is 0.000000327. The van der Waals surface area contributed by atoms with E-state index in [1.54, 1.807) is 0 Å². The third-order valence-electron chi connectivity index (χ3n) is 2.83. The van der Waals surface area contributed by atoms with E-state index in [1.165, 1.54) is 19.3 Å². The molecule has 1 atom stereocenters. The normalized spacial score (nSPS) is 16.4. The Kier molecular flexibility index (Phi) is 10.3. The van der Waals surface area contributed by atoms with Crippen LogP contribution in [0, 0.1) is 0 Å². The predicted molar refractivity (Wildman–Crippen MR) is 70.0 cm³/mol. The largest absolute Gasteiger partial charge is 0.480 e. The molecule has 0 unspecified atom stereocenters. The molecule has 1 fully saturated rings. The van der Waals surface area contributed by atoms with Gasteiger partial charge in [-0.25, -0.2) is 0 Å². The molecule has 18 heavy (non-hydrogen) atoms. The molecule has 0 spiro atoms. The minimum absolute atomic E-state index is 0.520. The van der Waals surface area contributed by atoms with Crippen molar-refractivity contribution in [3.05, 3.63) is 0 Å². The third-order valence-corrected chi connectivity index (χ3v) is 2.83. The summed E-state index contributed by atoms with van der Waals surface area (Å²) in [6, 6.07) is -0.716. The lowest BCUT2D eigenvalue weighted by Gasteiger charge is -2.21. The number of aliphatic carboxylic acids is 1. The first-order valence-electron chi connectivity index (χ1n) is 6.49. The number of rotatable bonds is 6. The van der Waals surface area contributed by atoms with Crippen LogP contribution in [0.5, 0.6) is 0 Å². The maximum Gasteiger partial charge on any atom is 0.320 e. The molecular formula is C12H25N3O3. The molecule has 106 valence electrons. The van der Waals surface area contributed by atoms with E-state index in [2.05, 4.69) is 0 Å². The van der Waals surface area contributed by atoms with E-state index >= 15 is 0 Å². The number of amides is 1. The zero-order valence-corrected chi connectivity index (χ0v) is 10.9. The lowest BCUT2D eigenvalue weighted by atomic mass is 10.1. The maximum atomic E-state index is 10.1. The monoisotopic (exact) mass is 259 g/mol. The van der Waals surface area contributed by atoms with Crippen molar-refractivity contribution in [2.75, 3.05) is 19.6 Å². The summed E-state index contributed by atoms with van der Waals surface area (Å²) in [5.41, 5.74) is 10.4. The summed E-state index contributed by atoms with van der Waals surface area (Å²) in [5.74, 6) is -0.933. The SMILES string of the molecule is NCCCC[C@H](N)C(=O)O.O=CN1CCCCC1. The highest BCUT2D eigenvalue weighted by Crippen LogP contribution is 2.05. The molecule has 1 rings (SSSR count). The van der Waals surface area contributed by atoms with Crippen molar-refractivity contribution in [3.63, 3.8) is 0 Å². The van der Waals surface area contributed by atoms with Crippen LogP contribution in [0.3, 0.4) is 0 Å². The van der Waals surface area contributed by atoms with Gasteiger partial charge < -0.3 is 21.5 Å². The van der Waals surface area contributed by atoms with Gasteiger partial charge in [-0.3, -0.25) is 9.59 Å². The molecular weight excluding hydrogens is 234 g/mol. The first kappa shape index (κ1) is 16.9. The Morgan fingerprint density at radius 1 is 1.28 bits per heavy atom. The lowest BCUT2D eigenvalue weighted by molar-refractivity contribution is -0.138. The predicted octanol–water partition coefficient (Wildman–Crippen LogP) is 0.156. The maximum absolute atomic E-state index is 10.1. The van der Waals surface area contributed by atoms with E-state index in [0.29, 0.717) is 13.0 Å². The number of carboxylic acid groups (broad SMARTS) is 1. The van der Waals surface area contributed by atoms with Gasteiger partial charge in [0, 0.05) is 13.1 Å². The number of carbonyl (C=O) groups is 2. The molecule has 1 amide bonds. The van der Waals surface area contributed by atoms with Gasteiger partial charge in [-0.15, -0.1) is 0 Å². The molecule has 1 aliphatic rings. The minimum Gasteiger partial charge on any atom is -0.480 e. The molecule has 0 aromatic rings. The molecule has 6 nitrogen and oxygen atoms in total. The average Bonchev–Trinajstić information content (AvgIpc) is 2.40. The van der Waals surface area contributed by atoms with Gasteiger partial charge in [0.05, 0.1) is 0 Å². The molecule has 1 heterocycles. The summed E-state index contributed by atoms with van der Waals surface area (Å²) in [4.78, 5) is 22.1. The molecule has 0 aliphatic carbocycles. The van der Waals surface area contributed by atoms with Crippen LogP contribution in [0.15, 0.2) is 0 Å². The summed E-state index contributed by atoms with van der Waals surface area (Å²) in [6.07, 6.45) is 6.79. The molecule has 1 saturated heterocycles. The van der Waals surface area contributed by atoms with Crippen molar-refractivity contribution >= 4 is 12.4 Å². The number of hydrogen-bond acceptors (Lipinski definition) is 4. The van der Waals surface area contributed by atoms with Crippen LogP contribution < -0.4 is 11.5 Å². The van der Waals surface area contributed by atoms with Crippen LogP contribution >= 0.6 is 0 Å². The highest BCUT2D eigenvalue weighted by Gasteiger charge is 2.09. The molecule has 0 aromatic carbocycles. The van der Waals surface area contributed by atoms with Crippen LogP contribution in [0.25, 0.3) is 0 Å². The molecule has 1 aliphatic heterocycles. The van der Waals surface area contributed by atoms with Crippen LogP contribution in [-0.4, -0.2) is 48.1 Å². The summed E-state index contributed by atoms with van der Waals surface area (Å²) in [6.45, 7) is 2.55. The lowest BCUT2D eigenvalue weighted by Crippen LogP contribution is -2.29. The topological polar surface area (TPSA) is 110 Å². The summed E-state index contributed by atoms with van der Waals surface area (Å²) in [7, 11) is 0. The third kappa shape index (κ3) is 8.95. The van der Waals surface area contributed by atoms with Gasteiger partial charge >= 0.3 is 5.97 Å². The van der Waals surface area contributed by atoms with Gasteiger partial charge in [0.25, 0.3) is 0 Å². The number of nitrogens with two attached hydrogens (primary N) is 2. The number of likely N-dealkylation sites (tertiary alicyclic amines) is 1. The quantitative estimate of drug-likeness (QED) is 0.465. The number of carboxylic acids is 1. The molecule has 0 bridgehead atoms. The van der Waals surface area contributed by atoms with Gasteiger partial charge in [0.15, 0.2) is 0 Å². The Bertz CT molecular complexity index is 231. The molecule has 0 aromatic heterocycles. The Labute approximate surface area is 108 Å². The molecule has 5 N–H and O–H groups in total. The van der Waals surface area contributed by atoms with E-state index in [9.17, 15) is 9.59 Å². The number of piperidine rings is 1. The van der Waals surface area contributed by atoms with Gasteiger partial charge in [-0.2, -0.15) is 0 Å². The molecule has 0 saturated carbocycles. The second kappa shape index (κ2) is 11.0. The zero-order valence-electron chi connectivity index (χ0n) is 10.9. The fourth-order valence-electron chi connectivity index (χ4n) is 1.66. The van der Waals surface area contributed by atoms with Crippen molar-refractivity contribution in [3.8, 4) is 0 Å². The zero-order chi connectivity index (χ0) is 13.8. The summed E-state index contributed by atoms with van der Waals surface area (Å²) in [5, 5.41) is 8.33. The smallest absolute Gasteiger partial charge is 0.320 e. The van der Waals surface area contributed by atoms with E-state index in [4.69, 9.17) is 16.6 Å². The molecule has 0 radical (unpaired) electrons. The fraction of sp³-hybridized carbons (Fsp3) is 0.833. The number of nitrogens with zero attached hydrogens (tertiary/aromatic N) is 1. The second-order valence-electron chi connectivity index (χ2n) is 4.43. The first-order chi connectivity index (χ1) is 8.61. The van der Waals surface area contributed by atoms with Gasteiger partial charge in [-0.05, 0) is 38.6 Å². The number of unbranched alkanes of at least 4 members (excludes halogenated alkanes) is 1. The Hall–Kier alpha value is -1.14. The van der Waals surface area contributed by atoms with Gasteiger partial charge in [-0.1, -0.05) is 6.42 Å². The Morgan fingerprint density at radius 3 is 2.28 bits per heavy atom. The molecule has 6 heteroatoms. The van der Waals surface area contributed by atoms with E-state index in [-0.39, 0.29) is 0 Å². The number of carbonyl (C=O) groups excluding carboxylic acids is 1. The van der Waals surface area contributed by atoms with Gasteiger partial charge in [0.1, 0.15) is 6.04 Å². The van der Waals surface area contributed by atoms with E-state index in [1.807, 2.05) is 4.90 Å². The van der Waals surface area contributed by atoms with Crippen molar-refractivity contribution < 1.29 is 14.7 Å². The Morgan fingerprint density at radius 2 is 1.89 bits per heavy atom. The second-order valence-corrected chi connectivity index (χ2v) is 4.43. The van der Waals surface area contributed by atoms with Crippen LogP contribution in [-0.2, 0) is 9.59 Å². The number of hydrogen-bond donors (Lipinski definition) is 3. The van der Waals surface area contributed by atoms with Crippen molar-refractivity contribution in [2.24, 2.45) is 11.5 Å².